The summed E-state index contributed by atoms with van der Waals surface area (Å²) >= 11 is 1.50. The lowest BCUT2D eigenvalue weighted by Gasteiger charge is -2.34. The van der Waals surface area contributed by atoms with Gasteiger partial charge < -0.3 is 10.1 Å². The van der Waals surface area contributed by atoms with Crippen molar-refractivity contribution in [3.8, 4) is 0 Å². The Morgan fingerprint density at radius 2 is 2.12 bits per heavy atom. The molecule has 1 aliphatic carbocycles. The highest BCUT2D eigenvalue weighted by Gasteiger charge is 2.28. The molecule has 1 aliphatic rings. The average molecular weight is 372 g/mol. The van der Waals surface area contributed by atoms with E-state index in [4.69, 9.17) is 4.74 Å². The largest absolute Gasteiger partial charge is 0.452 e. The van der Waals surface area contributed by atoms with Crippen LogP contribution in [-0.2, 0) is 14.3 Å². The van der Waals surface area contributed by atoms with Crippen LogP contribution in [0, 0.1) is 11.8 Å². The van der Waals surface area contributed by atoms with Gasteiger partial charge in [0, 0.05) is 12.1 Å². The van der Waals surface area contributed by atoms with Gasteiger partial charge in [-0.1, -0.05) is 38.8 Å². The van der Waals surface area contributed by atoms with Gasteiger partial charge in [0.2, 0.25) is 0 Å². The zero-order valence-electron chi connectivity index (χ0n) is 15.1. The number of fused-ring (bicyclic) bond motifs is 1. The third-order valence-electron chi connectivity index (χ3n) is 5.07. The zero-order valence-corrected chi connectivity index (χ0v) is 15.9. The smallest absolute Gasteiger partial charge is 0.331 e. The van der Waals surface area contributed by atoms with Crippen LogP contribution >= 0.6 is 11.3 Å². The van der Waals surface area contributed by atoms with E-state index in [1.165, 1.54) is 23.8 Å². The second-order valence-electron chi connectivity index (χ2n) is 6.90. The van der Waals surface area contributed by atoms with Crippen molar-refractivity contribution < 1.29 is 14.3 Å². The molecule has 1 aromatic carbocycles. The molecule has 0 spiro atoms. The van der Waals surface area contributed by atoms with Crippen molar-refractivity contribution >= 4 is 39.5 Å². The molecule has 0 bridgehead atoms. The number of amides is 1. The maximum atomic E-state index is 12.0. The van der Waals surface area contributed by atoms with E-state index in [-0.39, 0.29) is 18.6 Å². The van der Waals surface area contributed by atoms with Crippen molar-refractivity contribution in [2.24, 2.45) is 11.8 Å². The molecule has 0 saturated heterocycles. The predicted molar refractivity (Wildman–Crippen MR) is 104 cm³/mol. The Morgan fingerprint density at radius 1 is 1.31 bits per heavy atom. The molecule has 1 N–H and O–H groups in total. The van der Waals surface area contributed by atoms with Gasteiger partial charge in [0.1, 0.15) is 5.01 Å². The topological polar surface area (TPSA) is 68.3 Å². The van der Waals surface area contributed by atoms with Crippen LogP contribution in [0.15, 0.2) is 30.3 Å². The van der Waals surface area contributed by atoms with E-state index in [9.17, 15) is 9.59 Å². The zero-order chi connectivity index (χ0) is 18.5. The number of rotatable bonds is 5. The molecular formula is C20H24N2O3S. The number of carbonyl (C=O) groups excluding carboxylic acids is 2. The predicted octanol–water partition coefficient (Wildman–Crippen LogP) is 3.79. The molecule has 6 heteroatoms. The summed E-state index contributed by atoms with van der Waals surface area (Å²) in [5.41, 5.74) is 0.903. The number of esters is 1. The molecule has 0 aliphatic heterocycles. The first-order valence-corrected chi connectivity index (χ1v) is 9.84. The Balaban J connectivity index is 1.46. The summed E-state index contributed by atoms with van der Waals surface area (Å²) in [6, 6.07) is 7.97. The highest BCUT2D eigenvalue weighted by Crippen LogP contribution is 2.29. The van der Waals surface area contributed by atoms with Gasteiger partial charge in [0.25, 0.3) is 5.91 Å². The first kappa shape index (κ1) is 18.6. The number of benzene rings is 1. The normalized spacial score (nSPS) is 23.2. The molecule has 5 nitrogen and oxygen atoms in total. The quantitative estimate of drug-likeness (QED) is 0.640. The van der Waals surface area contributed by atoms with E-state index >= 15 is 0 Å². The Hall–Kier alpha value is -2.21. The lowest BCUT2D eigenvalue weighted by Crippen LogP contribution is -2.45. The van der Waals surface area contributed by atoms with Crippen LogP contribution in [0.4, 0.5) is 0 Å². The molecular weight excluding hydrogens is 348 g/mol. The number of carbonyl (C=O) groups is 2. The fourth-order valence-electron chi connectivity index (χ4n) is 3.32. The van der Waals surface area contributed by atoms with E-state index in [2.05, 4.69) is 24.1 Å². The summed E-state index contributed by atoms with van der Waals surface area (Å²) in [7, 11) is 0. The van der Waals surface area contributed by atoms with Gasteiger partial charge in [-0.2, -0.15) is 0 Å². The Labute approximate surface area is 157 Å². The number of aromatic nitrogens is 1. The van der Waals surface area contributed by atoms with Crippen LogP contribution in [0.1, 0.15) is 38.1 Å². The van der Waals surface area contributed by atoms with Crippen LogP contribution < -0.4 is 5.32 Å². The molecule has 1 fully saturated rings. The number of hydrogen-bond acceptors (Lipinski definition) is 5. The number of thiazole rings is 1. The molecule has 26 heavy (non-hydrogen) atoms. The molecule has 1 aromatic heterocycles. The van der Waals surface area contributed by atoms with E-state index in [0.717, 1.165) is 28.1 Å². The minimum atomic E-state index is -0.538. The summed E-state index contributed by atoms with van der Waals surface area (Å²) in [4.78, 5) is 28.3. The van der Waals surface area contributed by atoms with Crippen LogP contribution in [0.5, 0.6) is 0 Å². The Bertz CT molecular complexity index is 781. The second-order valence-corrected chi connectivity index (χ2v) is 7.96. The van der Waals surface area contributed by atoms with Gasteiger partial charge in [-0.15, -0.1) is 11.3 Å². The number of hydrogen-bond donors (Lipinski definition) is 1. The number of para-hydroxylation sites is 1. The highest BCUT2D eigenvalue weighted by atomic mass is 32.1. The number of nitrogens with one attached hydrogen (secondary N) is 1. The van der Waals surface area contributed by atoms with Gasteiger partial charge in [0.15, 0.2) is 6.61 Å². The van der Waals surface area contributed by atoms with Crippen LogP contribution in [0.3, 0.4) is 0 Å². The molecule has 0 unspecified atom stereocenters. The average Bonchev–Trinajstić information content (AvgIpc) is 3.05. The molecule has 1 saturated carbocycles. The van der Waals surface area contributed by atoms with Crippen molar-refractivity contribution in [2.75, 3.05) is 6.61 Å². The molecule has 1 heterocycles. The van der Waals surface area contributed by atoms with Crippen LogP contribution in [0.2, 0.25) is 0 Å². The first-order valence-electron chi connectivity index (χ1n) is 9.02. The van der Waals surface area contributed by atoms with E-state index in [1.54, 1.807) is 6.08 Å². The standard InChI is InChI=1S/C20H24N2O3S/c1-13-6-5-8-15(14(13)2)21-18(23)12-25-20(24)11-10-19-22-16-7-3-4-9-17(16)26-19/h3-4,7,9-11,13-15H,5-6,8,12H2,1-2H3,(H,21,23)/b11-10+/t13-,14-,15+/m1/s1. The van der Waals surface area contributed by atoms with Crippen molar-refractivity contribution in [3.05, 3.63) is 35.3 Å². The minimum absolute atomic E-state index is 0.170. The van der Waals surface area contributed by atoms with Crippen LogP contribution in [0.25, 0.3) is 16.3 Å². The fourth-order valence-corrected chi connectivity index (χ4v) is 4.19. The molecule has 0 radical (unpaired) electrons. The lowest BCUT2D eigenvalue weighted by molar-refractivity contribution is -0.144. The molecule has 3 rings (SSSR count). The van der Waals surface area contributed by atoms with Gasteiger partial charge in [-0.25, -0.2) is 9.78 Å². The third kappa shape index (κ3) is 4.69. The van der Waals surface area contributed by atoms with E-state index < -0.39 is 5.97 Å². The summed E-state index contributed by atoms with van der Waals surface area (Å²) in [6.45, 7) is 4.14. The van der Waals surface area contributed by atoms with Gasteiger partial charge in [-0.3, -0.25) is 4.79 Å². The van der Waals surface area contributed by atoms with Crippen LogP contribution in [-0.4, -0.2) is 29.5 Å². The summed E-state index contributed by atoms with van der Waals surface area (Å²) in [5.74, 6) is 0.276. The van der Waals surface area contributed by atoms with E-state index in [0.29, 0.717) is 11.8 Å². The monoisotopic (exact) mass is 372 g/mol. The number of ether oxygens (including phenoxy) is 1. The SMILES string of the molecule is C[C@@H]1[C@H](C)CCC[C@@H]1NC(=O)COC(=O)/C=C/c1nc2ccccc2s1. The van der Waals surface area contributed by atoms with Crippen molar-refractivity contribution in [1.82, 2.24) is 10.3 Å². The molecule has 3 atom stereocenters. The van der Waals surface area contributed by atoms with Gasteiger partial charge in [0.05, 0.1) is 10.2 Å². The van der Waals surface area contributed by atoms with Crippen molar-refractivity contribution in [1.29, 1.82) is 0 Å². The maximum Gasteiger partial charge on any atom is 0.331 e. The van der Waals surface area contributed by atoms with Gasteiger partial charge in [-0.05, 0) is 36.5 Å². The Morgan fingerprint density at radius 3 is 2.92 bits per heavy atom. The summed E-state index contributed by atoms with van der Waals surface area (Å²) in [5, 5.41) is 3.73. The molecule has 1 amide bonds. The van der Waals surface area contributed by atoms with Crippen molar-refractivity contribution in [3.63, 3.8) is 0 Å². The molecule has 2 aromatic rings. The van der Waals surface area contributed by atoms with Gasteiger partial charge >= 0.3 is 5.97 Å². The summed E-state index contributed by atoms with van der Waals surface area (Å²) in [6.07, 6.45) is 6.26. The summed E-state index contributed by atoms with van der Waals surface area (Å²) < 4.78 is 6.11. The van der Waals surface area contributed by atoms with E-state index in [1.807, 2.05) is 24.3 Å². The maximum absolute atomic E-state index is 12.0. The lowest BCUT2D eigenvalue weighted by atomic mass is 9.78. The third-order valence-corrected chi connectivity index (χ3v) is 6.07. The molecule has 138 valence electrons. The Kier molecular flexibility index (Phi) is 6.04. The van der Waals surface area contributed by atoms with Crippen molar-refractivity contribution in [2.45, 2.75) is 39.2 Å². The first-order chi connectivity index (χ1) is 12.5. The number of nitrogens with zero attached hydrogens (tertiary/aromatic N) is 1. The second kappa shape index (κ2) is 8.45. The minimum Gasteiger partial charge on any atom is -0.452 e. The highest BCUT2D eigenvalue weighted by molar-refractivity contribution is 7.19. The fraction of sp³-hybridized carbons (Fsp3) is 0.450.